The first-order valence-corrected chi connectivity index (χ1v) is 12.6. The van der Waals surface area contributed by atoms with E-state index in [1.54, 1.807) is 49.6 Å². The highest BCUT2D eigenvalue weighted by Crippen LogP contribution is 2.41. The van der Waals surface area contributed by atoms with Crippen LogP contribution in [0.2, 0.25) is 0 Å². The number of aromatic carboxylic acids is 1. The number of benzene rings is 2. The number of methoxy groups -OCH3 is 2. The number of nitrogens with zero attached hydrogens (tertiary/aromatic N) is 1. The number of carbonyl (C=O) groups excluding carboxylic acids is 1. The number of aromatic amines is 1. The van der Waals surface area contributed by atoms with E-state index in [2.05, 4.69) is 15.3 Å². The number of hydrogen-bond donors (Lipinski definition) is 3. The lowest BCUT2D eigenvalue weighted by Crippen LogP contribution is -2.25. The standard InChI is InChI=1S/C29H25ClFN3O5/c1-38-17-9-7-16(8-10-17)32-28(35)15-6-11-18(20(12-15)29(36)37)26-19(4-3-5-21(26)30)27-33-23-13-22(31)25(39-2)14-24(23)34-27/h3-7,9,11-14,21,26H,8,10H2,1-2H3,(H,32,35)(H,33,34)(H,36,37)/t21-,26?/m0/s1. The predicted octanol–water partition coefficient (Wildman–Crippen LogP) is 5.69. The molecular formula is C29H25ClFN3O5. The molecule has 8 nitrogen and oxygen atoms in total. The fourth-order valence-corrected chi connectivity index (χ4v) is 5.14. The van der Waals surface area contributed by atoms with E-state index in [0.29, 0.717) is 46.5 Å². The number of carboxylic acids is 1. The number of carboxylic acid groups (broad SMARTS) is 1. The maximum absolute atomic E-state index is 14.3. The van der Waals surface area contributed by atoms with Crippen molar-refractivity contribution in [3.05, 3.63) is 101 Å². The van der Waals surface area contributed by atoms with E-state index in [1.807, 2.05) is 0 Å². The van der Waals surface area contributed by atoms with Gasteiger partial charge in [-0.1, -0.05) is 24.3 Å². The predicted molar refractivity (Wildman–Crippen MR) is 145 cm³/mol. The zero-order valence-corrected chi connectivity index (χ0v) is 21.9. The molecule has 1 aromatic heterocycles. The van der Waals surface area contributed by atoms with Crippen LogP contribution in [0.15, 0.2) is 72.2 Å². The minimum atomic E-state index is -1.20. The summed E-state index contributed by atoms with van der Waals surface area (Å²) in [5, 5.41) is 12.3. The first kappa shape index (κ1) is 26.2. The molecule has 39 heavy (non-hydrogen) atoms. The number of imidazole rings is 1. The highest BCUT2D eigenvalue weighted by atomic mass is 35.5. The Morgan fingerprint density at radius 2 is 1.95 bits per heavy atom. The molecule has 1 unspecified atom stereocenters. The normalized spacial score (nSPS) is 18.7. The fraction of sp³-hybridized carbons (Fsp3) is 0.207. The quantitative estimate of drug-likeness (QED) is 0.326. The van der Waals surface area contributed by atoms with Gasteiger partial charge in [-0.05, 0) is 36.3 Å². The van der Waals surface area contributed by atoms with Gasteiger partial charge in [-0.25, -0.2) is 14.2 Å². The van der Waals surface area contributed by atoms with E-state index in [0.717, 1.165) is 5.76 Å². The minimum absolute atomic E-state index is 0.0532. The summed E-state index contributed by atoms with van der Waals surface area (Å²) in [5.41, 5.74) is 2.85. The molecule has 5 rings (SSSR count). The number of nitrogens with one attached hydrogen (secondary N) is 2. The van der Waals surface area contributed by atoms with Crippen molar-refractivity contribution < 1.29 is 28.6 Å². The molecule has 200 valence electrons. The first-order valence-electron chi connectivity index (χ1n) is 12.2. The fourth-order valence-electron chi connectivity index (χ4n) is 4.79. The summed E-state index contributed by atoms with van der Waals surface area (Å²) < 4.78 is 24.5. The van der Waals surface area contributed by atoms with Crippen molar-refractivity contribution in [2.75, 3.05) is 14.2 Å². The van der Waals surface area contributed by atoms with Crippen molar-refractivity contribution in [3.8, 4) is 5.75 Å². The van der Waals surface area contributed by atoms with Crippen LogP contribution in [0.3, 0.4) is 0 Å². The van der Waals surface area contributed by atoms with Gasteiger partial charge in [0, 0.05) is 41.3 Å². The van der Waals surface area contributed by atoms with Crippen LogP contribution in [-0.4, -0.2) is 46.5 Å². The number of amides is 1. The Morgan fingerprint density at radius 3 is 2.64 bits per heavy atom. The molecule has 2 aliphatic rings. The summed E-state index contributed by atoms with van der Waals surface area (Å²) in [6.45, 7) is 0. The number of H-pyrrole nitrogens is 1. The van der Waals surface area contributed by atoms with Gasteiger partial charge in [-0.3, -0.25) is 4.79 Å². The second kappa shape index (κ2) is 10.8. The molecule has 0 fully saturated rings. The molecule has 0 saturated carbocycles. The van der Waals surface area contributed by atoms with Gasteiger partial charge in [-0.2, -0.15) is 0 Å². The third kappa shape index (κ3) is 5.18. The van der Waals surface area contributed by atoms with Crippen molar-refractivity contribution in [3.63, 3.8) is 0 Å². The Labute approximate surface area is 228 Å². The highest BCUT2D eigenvalue weighted by molar-refractivity contribution is 6.23. The maximum Gasteiger partial charge on any atom is 0.336 e. The SMILES string of the molecule is COC1=CC=C(NC(=O)c2ccc(C3C(c4nc5cc(OC)c(F)cc5[nH]4)=CC=C[C@@H]3Cl)c(C(=O)O)c2)CC1. The Hall–Kier alpha value is -4.37. The van der Waals surface area contributed by atoms with Gasteiger partial charge < -0.3 is 24.9 Å². The third-order valence-electron chi connectivity index (χ3n) is 6.78. The average molecular weight is 550 g/mol. The van der Waals surface area contributed by atoms with Crippen molar-refractivity contribution in [1.29, 1.82) is 0 Å². The zero-order chi connectivity index (χ0) is 27.7. The largest absolute Gasteiger partial charge is 0.501 e. The summed E-state index contributed by atoms with van der Waals surface area (Å²) in [4.78, 5) is 33.0. The van der Waals surface area contributed by atoms with Gasteiger partial charge in [0.05, 0.1) is 42.0 Å². The number of ether oxygens (including phenoxy) is 2. The van der Waals surface area contributed by atoms with Crippen LogP contribution in [0, 0.1) is 5.82 Å². The van der Waals surface area contributed by atoms with E-state index in [4.69, 9.17) is 21.1 Å². The van der Waals surface area contributed by atoms with Crippen LogP contribution in [0.25, 0.3) is 16.6 Å². The lowest BCUT2D eigenvalue weighted by atomic mass is 9.81. The van der Waals surface area contributed by atoms with Crippen LogP contribution in [-0.2, 0) is 4.74 Å². The van der Waals surface area contributed by atoms with E-state index >= 15 is 0 Å². The van der Waals surface area contributed by atoms with Crippen molar-refractivity contribution in [1.82, 2.24) is 15.3 Å². The smallest absolute Gasteiger partial charge is 0.336 e. The Morgan fingerprint density at radius 1 is 1.13 bits per heavy atom. The molecule has 0 radical (unpaired) electrons. The summed E-state index contributed by atoms with van der Waals surface area (Å²) in [6.07, 6.45) is 10.1. The molecule has 0 bridgehead atoms. The van der Waals surface area contributed by atoms with E-state index in [1.165, 1.54) is 25.3 Å². The van der Waals surface area contributed by atoms with Gasteiger partial charge in [0.2, 0.25) is 0 Å². The minimum Gasteiger partial charge on any atom is -0.501 e. The number of rotatable bonds is 7. The number of fused-ring (bicyclic) bond motifs is 1. The first-order chi connectivity index (χ1) is 18.8. The van der Waals surface area contributed by atoms with E-state index < -0.39 is 29.0 Å². The molecule has 1 amide bonds. The second-order valence-corrected chi connectivity index (χ2v) is 9.61. The van der Waals surface area contributed by atoms with E-state index in [9.17, 15) is 19.1 Å². The molecule has 3 aromatic rings. The van der Waals surface area contributed by atoms with Crippen LogP contribution >= 0.6 is 11.6 Å². The van der Waals surface area contributed by atoms with Gasteiger partial charge in [-0.15, -0.1) is 11.6 Å². The van der Waals surface area contributed by atoms with Crippen LogP contribution in [0.5, 0.6) is 5.75 Å². The summed E-state index contributed by atoms with van der Waals surface area (Å²) in [5.74, 6) is -1.45. The number of carbonyl (C=O) groups is 2. The molecule has 0 saturated heterocycles. The molecule has 1 heterocycles. The number of allylic oxidation sites excluding steroid dienone is 8. The molecule has 2 atom stereocenters. The summed E-state index contributed by atoms with van der Waals surface area (Å²) >= 11 is 6.72. The average Bonchev–Trinajstić information content (AvgIpc) is 3.35. The number of alkyl halides is 1. The number of halogens is 2. The van der Waals surface area contributed by atoms with Crippen molar-refractivity contribution >= 4 is 40.1 Å². The topological polar surface area (TPSA) is 114 Å². The Balaban J connectivity index is 1.50. The molecular weight excluding hydrogens is 525 g/mol. The summed E-state index contributed by atoms with van der Waals surface area (Å²) in [7, 11) is 2.97. The molecule has 0 aliphatic heterocycles. The van der Waals surface area contributed by atoms with Gasteiger partial charge in [0.15, 0.2) is 11.6 Å². The second-order valence-electron chi connectivity index (χ2n) is 9.11. The number of hydrogen-bond acceptors (Lipinski definition) is 5. The van der Waals surface area contributed by atoms with E-state index in [-0.39, 0.29) is 16.9 Å². The van der Waals surface area contributed by atoms with Crippen LogP contribution in [0.4, 0.5) is 4.39 Å². The molecule has 2 aliphatic carbocycles. The Kier molecular flexibility index (Phi) is 7.26. The highest BCUT2D eigenvalue weighted by Gasteiger charge is 2.32. The molecule has 0 spiro atoms. The van der Waals surface area contributed by atoms with Gasteiger partial charge >= 0.3 is 5.97 Å². The molecule has 3 N–H and O–H groups in total. The monoisotopic (exact) mass is 549 g/mol. The lowest BCUT2D eigenvalue weighted by Gasteiger charge is -2.26. The lowest BCUT2D eigenvalue weighted by molar-refractivity contribution is 0.0695. The Bertz CT molecular complexity index is 1600. The van der Waals surface area contributed by atoms with Gasteiger partial charge in [0.1, 0.15) is 5.82 Å². The van der Waals surface area contributed by atoms with Crippen molar-refractivity contribution in [2.24, 2.45) is 0 Å². The maximum atomic E-state index is 14.3. The molecule has 2 aromatic carbocycles. The van der Waals surface area contributed by atoms with Crippen LogP contribution < -0.4 is 10.1 Å². The van der Waals surface area contributed by atoms with Gasteiger partial charge in [0.25, 0.3) is 5.91 Å². The van der Waals surface area contributed by atoms with Crippen molar-refractivity contribution in [2.45, 2.75) is 24.1 Å². The zero-order valence-electron chi connectivity index (χ0n) is 21.1. The summed E-state index contributed by atoms with van der Waals surface area (Å²) in [6, 6.07) is 7.32. The molecule has 10 heteroatoms. The third-order valence-corrected chi connectivity index (χ3v) is 7.18. The number of aromatic nitrogens is 2. The van der Waals surface area contributed by atoms with Crippen LogP contribution in [0.1, 0.15) is 50.9 Å².